The predicted octanol–water partition coefficient (Wildman–Crippen LogP) is 1.14. The Hall–Kier alpha value is -4.70. The second-order valence-corrected chi connectivity index (χ2v) is 10.8. The molecule has 5 heterocycles. The van der Waals surface area contributed by atoms with Gasteiger partial charge in [0.15, 0.2) is 11.2 Å². The third kappa shape index (κ3) is 5.78. The lowest BCUT2D eigenvalue weighted by Crippen LogP contribution is -2.47. The Morgan fingerprint density at radius 3 is 2.56 bits per heavy atom. The minimum Gasteiger partial charge on any atom is -0.431 e. The van der Waals surface area contributed by atoms with Crippen LogP contribution in [0.2, 0.25) is 0 Å². The van der Waals surface area contributed by atoms with Gasteiger partial charge in [-0.15, -0.1) is 0 Å². The van der Waals surface area contributed by atoms with Crippen LogP contribution in [0.1, 0.15) is 18.2 Å². The van der Waals surface area contributed by atoms with Crippen molar-refractivity contribution in [1.82, 2.24) is 28.9 Å². The number of hydrogen-bond acceptors (Lipinski definition) is 9. The minimum atomic E-state index is -5.34. The molecule has 1 N–H and O–H groups in total. The summed E-state index contributed by atoms with van der Waals surface area (Å²) in [6.07, 6.45) is -3.85. The Balaban J connectivity index is 1.56. The molecule has 16 heteroatoms. The summed E-state index contributed by atoms with van der Waals surface area (Å²) in [5.74, 6) is -2.96. The number of amides is 1. The molecule has 45 heavy (non-hydrogen) atoms. The van der Waals surface area contributed by atoms with Gasteiger partial charge in [-0.1, -0.05) is 36.4 Å². The van der Waals surface area contributed by atoms with Crippen molar-refractivity contribution in [3.8, 4) is 0 Å². The molecule has 1 aromatic carbocycles. The first-order chi connectivity index (χ1) is 21.5. The number of imidazole rings is 1. The van der Waals surface area contributed by atoms with Crippen LogP contribution in [0.4, 0.5) is 19.1 Å². The third-order valence-electron chi connectivity index (χ3n) is 8.02. The number of halogens is 3. The molecule has 3 aliphatic rings. The largest absolute Gasteiger partial charge is 0.491 e. The normalized spacial score (nSPS) is 17.9. The zero-order valence-corrected chi connectivity index (χ0v) is 24.2. The SMILES string of the molecule is Cn1c(=O)n(CC(=O)N2CCOCC2)c(=O)c2c1nc(N1CCC3=C1CNC3)n2C(/C=C/c1ccccc1)OC(=O)C(F)(F)F. The highest BCUT2D eigenvalue weighted by atomic mass is 19.4. The summed E-state index contributed by atoms with van der Waals surface area (Å²) in [5.41, 5.74) is 0.233. The zero-order chi connectivity index (χ0) is 31.9. The van der Waals surface area contributed by atoms with E-state index in [-0.39, 0.29) is 30.2 Å². The Kier molecular flexibility index (Phi) is 8.09. The van der Waals surface area contributed by atoms with Gasteiger partial charge in [0.05, 0.1) is 13.2 Å². The second kappa shape index (κ2) is 12.0. The van der Waals surface area contributed by atoms with E-state index < -0.39 is 42.1 Å². The van der Waals surface area contributed by atoms with Gasteiger partial charge in [0.2, 0.25) is 18.1 Å². The fraction of sp³-hybridized carbons (Fsp3) is 0.414. The van der Waals surface area contributed by atoms with Crippen LogP contribution in [0.25, 0.3) is 17.2 Å². The van der Waals surface area contributed by atoms with Gasteiger partial charge in [-0.05, 0) is 23.6 Å². The van der Waals surface area contributed by atoms with E-state index in [9.17, 15) is 32.3 Å². The van der Waals surface area contributed by atoms with Gasteiger partial charge in [0.25, 0.3) is 5.56 Å². The topological polar surface area (TPSA) is 133 Å². The third-order valence-corrected chi connectivity index (χ3v) is 8.02. The van der Waals surface area contributed by atoms with Crippen LogP contribution in [-0.2, 0) is 32.7 Å². The average molecular weight is 630 g/mol. The number of morpholine rings is 1. The molecule has 3 aliphatic heterocycles. The number of fused-ring (bicyclic) bond motifs is 1. The Morgan fingerprint density at radius 2 is 1.84 bits per heavy atom. The van der Waals surface area contributed by atoms with E-state index in [1.54, 1.807) is 35.2 Å². The van der Waals surface area contributed by atoms with Crippen molar-refractivity contribution in [3.63, 3.8) is 0 Å². The van der Waals surface area contributed by atoms with E-state index in [2.05, 4.69) is 10.3 Å². The second-order valence-electron chi connectivity index (χ2n) is 10.8. The summed E-state index contributed by atoms with van der Waals surface area (Å²) in [4.78, 5) is 60.7. The molecule has 0 spiro atoms. The van der Waals surface area contributed by atoms with Gasteiger partial charge >= 0.3 is 17.8 Å². The van der Waals surface area contributed by atoms with Gasteiger partial charge in [-0.2, -0.15) is 18.2 Å². The molecule has 3 aromatic rings. The lowest BCUT2D eigenvalue weighted by atomic mass is 10.2. The molecule has 1 amide bonds. The van der Waals surface area contributed by atoms with Crippen molar-refractivity contribution < 1.29 is 32.2 Å². The van der Waals surface area contributed by atoms with Crippen LogP contribution >= 0.6 is 0 Å². The number of nitrogens with one attached hydrogen (secondary N) is 1. The first kappa shape index (κ1) is 30.3. The molecule has 238 valence electrons. The van der Waals surface area contributed by atoms with Crippen LogP contribution < -0.4 is 21.5 Å². The molecule has 0 bridgehead atoms. The van der Waals surface area contributed by atoms with Crippen molar-refractivity contribution in [3.05, 3.63) is 74.1 Å². The Bertz CT molecular complexity index is 1820. The van der Waals surface area contributed by atoms with Crippen LogP contribution in [0, 0.1) is 0 Å². The number of alkyl halides is 3. The molecule has 1 unspecified atom stereocenters. The molecule has 13 nitrogen and oxygen atoms in total. The van der Waals surface area contributed by atoms with Crippen LogP contribution in [0.15, 0.2) is 57.3 Å². The maximum Gasteiger partial charge on any atom is 0.491 e. The van der Waals surface area contributed by atoms with Crippen molar-refractivity contribution in [2.45, 2.75) is 25.4 Å². The number of anilines is 1. The molecule has 1 saturated heterocycles. The lowest BCUT2D eigenvalue weighted by Gasteiger charge is -2.27. The standard InChI is InChI=1S/C29H30F3N7O6/c1-35-24-23(25(41)38(28(35)43)17-21(40)36-11-13-44-14-12-36)39(27(34-24)37-10-9-19-15-33-16-20(19)37)22(45-26(42)29(30,31)32)8-7-18-5-3-2-4-6-18/h2-8,22,33H,9-17H2,1H3/b8-7+. The molecule has 2 aromatic heterocycles. The van der Waals surface area contributed by atoms with Gasteiger partial charge in [0.1, 0.15) is 6.54 Å². The highest BCUT2D eigenvalue weighted by Crippen LogP contribution is 2.35. The van der Waals surface area contributed by atoms with E-state index in [4.69, 9.17) is 9.47 Å². The summed E-state index contributed by atoms with van der Waals surface area (Å²) in [5, 5.41) is 3.23. The van der Waals surface area contributed by atoms with Crippen LogP contribution in [-0.4, -0.2) is 87.6 Å². The number of carbonyl (C=O) groups is 2. The number of esters is 1. The number of nitrogens with zero attached hydrogens (tertiary/aromatic N) is 6. The maximum atomic E-state index is 14.1. The number of benzene rings is 1. The summed E-state index contributed by atoms with van der Waals surface area (Å²) in [7, 11) is 1.35. The van der Waals surface area contributed by atoms with Crippen LogP contribution in [0.5, 0.6) is 0 Å². The molecule has 0 radical (unpaired) electrons. The average Bonchev–Trinajstić information content (AvgIpc) is 3.76. The highest BCUT2D eigenvalue weighted by molar-refractivity contribution is 5.79. The van der Waals surface area contributed by atoms with E-state index in [1.807, 2.05) is 0 Å². The fourth-order valence-electron chi connectivity index (χ4n) is 5.74. The first-order valence-corrected chi connectivity index (χ1v) is 14.3. The Labute approximate surface area is 253 Å². The highest BCUT2D eigenvalue weighted by Gasteiger charge is 2.43. The van der Waals surface area contributed by atoms with Crippen molar-refractivity contribution >= 4 is 35.1 Å². The van der Waals surface area contributed by atoms with Gasteiger partial charge < -0.3 is 24.6 Å². The number of aromatic nitrogens is 4. The maximum absolute atomic E-state index is 14.1. The van der Waals surface area contributed by atoms with Crippen molar-refractivity contribution in [2.75, 3.05) is 50.8 Å². The molecule has 1 fully saturated rings. The van der Waals surface area contributed by atoms with Gasteiger partial charge in [-0.3, -0.25) is 18.7 Å². The molecule has 1 atom stereocenters. The summed E-state index contributed by atoms with van der Waals surface area (Å²) in [6, 6.07) is 8.60. The van der Waals surface area contributed by atoms with Gasteiger partial charge in [-0.25, -0.2) is 14.2 Å². The minimum absolute atomic E-state index is 0.0146. The smallest absolute Gasteiger partial charge is 0.431 e. The molecular weight excluding hydrogens is 599 g/mol. The molecule has 0 saturated carbocycles. The number of rotatable bonds is 7. The molecule has 0 aliphatic carbocycles. The quantitative estimate of drug-likeness (QED) is 0.382. The monoisotopic (exact) mass is 629 g/mol. The van der Waals surface area contributed by atoms with E-state index in [1.165, 1.54) is 24.1 Å². The summed E-state index contributed by atoms with van der Waals surface area (Å²) < 4.78 is 53.9. The van der Waals surface area contributed by atoms with E-state index in [0.29, 0.717) is 44.8 Å². The number of aryl methyl sites for hydroxylation is 1. The number of carbonyl (C=O) groups excluding carboxylic acids is 2. The predicted molar refractivity (Wildman–Crippen MR) is 155 cm³/mol. The number of ether oxygens (including phenoxy) is 2. The molecular formula is C29H30F3N7O6. The Morgan fingerprint density at radius 1 is 1.11 bits per heavy atom. The van der Waals surface area contributed by atoms with E-state index >= 15 is 0 Å². The summed E-state index contributed by atoms with van der Waals surface area (Å²) >= 11 is 0. The van der Waals surface area contributed by atoms with Crippen molar-refractivity contribution in [2.24, 2.45) is 7.05 Å². The fourth-order valence-corrected chi connectivity index (χ4v) is 5.74. The zero-order valence-electron chi connectivity index (χ0n) is 24.2. The van der Waals surface area contributed by atoms with Crippen LogP contribution in [0.3, 0.4) is 0 Å². The van der Waals surface area contributed by atoms with Crippen molar-refractivity contribution in [1.29, 1.82) is 0 Å². The lowest BCUT2D eigenvalue weighted by molar-refractivity contribution is -0.206. The number of hydrogen-bond donors (Lipinski definition) is 1. The first-order valence-electron chi connectivity index (χ1n) is 14.3. The molecule has 6 rings (SSSR count). The summed E-state index contributed by atoms with van der Waals surface area (Å²) in [6.45, 7) is 2.00. The van der Waals surface area contributed by atoms with Gasteiger partial charge in [0, 0.05) is 45.5 Å². The van der Waals surface area contributed by atoms with E-state index in [0.717, 1.165) is 25.0 Å².